The van der Waals surface area contributed by atoms with Crippen LogP contribution in [0.5, 0.6) is 0 Å². The van der Waals surface area contributed by atoms with Crippen molar-refractivity contribution in [1.29, 1.82) is 5.26 Å². The number of aliphatic hydroxyl groups excluding tert-OH is 1. The van der Waals surface area contributed by atoms with Gasteiger partial charge in [0.1, 0.15) is 0 Å². The van der Waals surface area contributed by atoms with Crippen LogP contribution >= 0.6 is 0 Å². The van der Waals surface area contributed by atoms with Crippen LogP contribution in [-0.4, -0.2) is 28.2 Å². The number of hydrogen-bond donors (Lipinski definition) is 1. The predicted octanol–water partition coefficient (Wildman–Crippen LogP) is 2.05. The maximum atomic E-state index is 9.79. The molecule has 1 aromatic carbocycles. The molecule has 2 fully saturated rings. The number of piperidine rings is 1. The summed E-state index contributed by atoms with van der Waals surface area (Å²) in [5.74, 6) is 0. The van der Waals surface area contributed by atoms with E-state index in [0.717, 1.165) is 24.9 Å². The zero-order valence-electron chi connectivity index (χ0n) is 10.4. The Balaban J connectivity index is 1.75. The van der Waals surface area contributed by atoms with Gasteiger partial charge in [-0.3, -0.25) is 4.90 Å². The van der Waals surface area contributed by atoms with Crippen molar-refractivity contribution in [3.05, 3.63) is 35.4 Å². The average molecular weight is 242 g/mol. The molecule has 18 heavy (non-hydrogen) atoms. The van der Waals surface area contributed by atoms with Crippen LogP contribution in [-0.2, 0) is 6.54 Å². The lowest BCUT2D eigenvalue weighted by Gasteiger charge is -2.37. The fourth-order valence-corrected chi connectivity index (χ4v) is 3.45. The minimum Gasteiger partial charge on any atom is -0.393 e. The van der Waals surface area contributed by atoms with Gasteiger partial charge in [0, 0.05) is 18.6 Å². The molecule has 2 saturated heterocycles. The molecule has 2 aliphatic rings. The standard InChI is InChI=1S/C15H18N2O/c16-9-11-2-1-3-12(6-11)10-17-13-4-5-14(17)8-15(18)7-13/h1-3,6,13-15,18H,4-5,7-8,10H2. The molecule has 2 bridgehead atoms. The van der Waals surface area contributed by atoms with Crippen molar-refractivity contribution in [3.63, 3.8) is 0 Å². The van der Waals surface area contributed by atoms with E-state index in [9.17, 15) is 5.11 Å². The van der Waals surface area contributed by atoms with Crippen LogP contribution in [0, 0.1) is 11.3 Å². The van der Waals surface area contributed by atoms with Crippen molar-refractivity contribution in [1.82, 2.24) is 4.90 Å². The van der Waals surface area contributed by atoms with Gasteiger partial charge in [-0.1, -0.05) is 12.1 Å². The van der Waals surface area contributed by atoms with E-state index < -0.39 is 0 Å². The molecule has 2 aliphatic heterocycles. The fourth-order valence-electron chi connectivity index (χ4n) is 3.45. The Labute approximate surface area is 108 Å². The lowest BCUT2D eigenvalue weighted by Crippen LogP contribution is -2.44. The van der Waals surface area contributed by atoms with Crippen LogP contribution in [0.3, 0.4) is 0 Å². The smallest absolute Gasteiger partial charge is 0.0991 e. The molecule has 2 atom stereocenters. The van der Waals surface area contributed by atoms with E-state index in [1.54, 1.807) is 0 Å². The second kappa shape index (κ2) is 4.72. The quantitative estimate of drug-likeness (QED) is 0.863. The van der Waals surface area contributed by atoms with E-state index in [1.807, 2.05) is 18.2 Å². The molecule has 2 heterocycles. The zero-order valence-corrected chi connectivity index (χ0v) is 10.4. The molecule has 0 radical (unpaired) electrons. The second-order valence-electron chi connectivity index (χ2n) is 5.49. The molecule has 1 aromatic rings. The van der Waals surface area contributed by atoms with Gasteiger partial charge in [-0.05, 0) is 43.4 Å². The molecule has 0 amide bonds. The number of aliphatic hydroxyl groups is 1. The van der Waals surface area contributed by atoms with Crippen LogP contribution in [0.25, 0.3) is 0 Å². The van der Waals surface area contributed by atoms with Crippen LogP contribution in [0.1, 0.15) is 36.8 Å². The molecule has 2 unspecified atom stereocenters. The molecular weight excluding hydrogens is 224 g/mol. The van der Waals surface area contributed by atoms with Gasteiger partial charge in [0.15, 0.2) is 0 Å². The summed E-state index contributed by atoms with van der Waals surface area (Å²) >= 11 is 0. The van der Waals surface area contributed by atoms with Crippen molar-refractivity contribution in [3.8, 4) is 6.07 Å². The summed E-state index contributed by atoms with van der Waals surface area (Å²) in [6.07, 6.45) is 4.13. The van der Waals surface area contributed by atoms with Gasteiger partial charge in [-0.2, -0.15) is 5.26 Å². The predicted molar refractivity (Wildman–Crippen MR) is 68.8 cm³/mol. The highest BCUT2D eigenvalue weighted by Gasteiger charge is 2.39. The minimum absolute atomic E-state index is 0.107. The summed E-state index contributed by atoms with van der Waals surface area (Å²) in [7, 11) is 0. The monoisotopic (exact) mass is 242 g/mol. The first-order chi connectivity index (χ1) is 8.76. The largest absolute Gasteiger partial charge is 0.393 e. The van der Waals surface area contributed by atoms with E-state index in [0.29, 0.717) is 12.1 Å². The summed E-state index contributed by atoms with van der Waals surface area (Å²) in [6, 6.07) is 11.1. The number of nitriles is 1. The Bertz CT molecular complexity index is 466. The lowest BCUT2D eigenvalue weighted by atomic mass is 9.99. The Morgan fingerprint density at radius 2 is 2.00 bits per heavy atom. The van der Waals surface area contributed by atoms with E-state index in [2.05, 4.69) is 17.0 Å². The highest BCUT2D eigenvalue weighted by Crippen LogP contribution is 2.36. The Morgan fingerprint density at radius 3 is 2.67 bits per heavy atom. The summed E-state index contributed by atoms with van der Waals surface area (Å²) in [6.45, 7) is 0.914. The van der Waals surface area contributed by atoms with Crippen LogP contribution in [0.4, 0.5) is 0 Å². The maximum Gasteiger partial charge on any atom is 0.0991 e. The highest BCUT2D eigenvalue weighted by molar-refractivity contribution is 5.32. The van der Waals surface area contributed by atoms with E-state index in [-0.39, 0.29) is 6.10 Å². The highest BCUT2D eigenvalue weighted by atomic mass is 16.3. The molecule has 0 saturated carbocycles. The molecule has 0 aliphatic carbocycles. The number of hydrogen-bond acceptors (Lipinski definition) is 3. The first-order valence-electron chi connectivity index (χ1n) is 6.69. The van der Waals surface area contributed by atoms with Crippen molar-refractivity contribution in [2.24, 2.45) is 0 Å². The number of fused-ring (bicyclic) bond motifs is 2. The Kier molecular flexibility index (Phi) is 3.07. The van der Waals surface area contributed by atoms with Crippen molar-refractivity contribution >= 4 is 0 Å². The second-order valence-corrected chi connectivity index (χ2v) is 5.49. The van der Waals surface area contributed by atoms with Gasteiger partial charge in [-0.25, -0.2) is 0 Å². The van der Waals surface area contributed by atoms with E-state index in [4.69, 9.17) is 5.26 Å². The van der Waals surface area contributed by atoms with Crippen LogP contribution in [0.15, 0.2) is 24.3 Å². The number of nitrogens with zero attached hydrogens (tertiary/aromatic N) is 2. The third-order valence-corrected chi connectivity index (χ3v) is 4.28. The van der Waals surface area contributed by atoms with E-state index >= 15 is 0 Å². The van der Waals surface area contributed by atoms with Gasteiger partial charge in [0.05, 0.1) is 17.7 Å². The Hall–Kier alpha value is -1.37. The van der Waals surface area contributed by atoms with Gasteiger partial charge < -0.3 is 5.11 Å². The molecule has 3 nitrogen and oxygen atoms in total. The van der Waals surface area contributed by atoms with Gasteiger partial charge in [-0.15, -0.1) is 0 Å². The van der Waals surface area contributed by atoms with Crippen molar-refractivity contribution < 1.29 is 5.11 Å². The summed E-state index contributed by atoms with van der Waals surface area (Å²) in [4.78, 5) is 2.52. The van der Waals surface area contributed by atoms with Gasteiger partial charge in [0.2, 0.25) is 0 Å². The maximum absolute atomic E-state index is 9.79. The normalized spacial score (nSPS) is 31.2. The summed E-state index contributed by atoms with van der Waals surface area (Å²) in [5, 5.41) is 18.7. The number of rotatable bonds is 2. The zero-order chi connectivity index (χ0) is 12.5. The van der Waals surface area contributed by atoms with Crippen LogP contribution in [0.2, 0.25) is 0 Å². The van der Waals surface area contributed by atoms with Crippen molar-refractivity contribution in [2.45, 2.75) is 50.4 Å². The minimum atomic E-state index is -0.107. The molecule has 0 spiro atoms. The summed E-state index contributed by atoms with van der Waals surface area (Å²) < 4.78 is 0. The first kappa shape index (κ1) is 11.7. The van der Waals surface area contributed by atoms with Gasteiger partial charge >= 0.3 is 0 Å². The molecule has 94 valence electrons. The third-order valence-electron chi connectivity index (χ3n) is 4.28. The number of benzene rings is 1. The SMILES string of the molecule is N#Cc1cccc(CN2C3CCC2CC(O)C3)c1. The summed E-state index contributed by atoms with van der Waals surface area (Å²) in [5.41, 5.74) is 1.94. The molecule has 0 aromatic heterocycles. The Morgan fingerprint density at radius 1 is 1.28 bits per heavy atom. The van der Waals surface area contributed by atoms with Gasteiger partial charge in [0.25, 0.3) is 0 Å². The lowest BCUT2D eigenvalue weighted by molar-refractivity contribution is 0.0310. The fraction of sp³-hybridized carbons (Fsp3) is 0.533. The van der Waals surface area contributed by atoms with Crippen LogP contribution < -0.4 is 0 Å². The molecule has 3 heteroatoms. The third kappa shape index (κ3) is 2.14. The van der Waals surface area contributed by atoms with Crippen molar-refractivity contribution in [2.75, 3.05) is 0 Å². The molecule has 1 N–H and O–H groups in total. The molecule has 3 rings (SSSR count). The molecular formula is C15H18N2O. The van der Waals surface area contributed by atoms with E-state index in [1.165, 1.54) is 18.4 Å². The average Bonchev–Trinajstić information content (AvgIpc) is 2.62. The first-order valence-corrected chi connectivity index (χ1v) is 6.69. The topological polar surface area (TPSA) is 47.3 Å².